The maximum absolute atomic E-state index is 12.5. The third-order valence-corrected chi connectivity index (χ3v) is 5.11. The summed E-state index contributed by atoms with van der Waals surface area (Å²) >= 11 is 0. The monoisotopic (exact) mass is 408 g/mol. The van der Waals surface area contributed by atoms with Gasteiger partial charge in [-0.3, -0.25) is 0 Å². The lowest BCUT2D eigenvalue weighted by Gasteiger charge is -2.38. The highest BCUT2D eigenvalue weighted by molar-refractivity contribution is 5.77. The number of ether oxygens (including phenoxy) is 3. The van der Waals surface area contributed by atoms with Crippen LogP contribution in [0.1, 0.15) is 24.5 Å². The molecule has 1 N–H and O–H groups in total. The molecule has 0 saturated heterocycles. The van der Waals surface area contributed by atoms with E-state index in [1.807, 2.05) is 67.6 Å². The molecular weight excluding hydrogens is 384 g/mol. The molecule has 7 nitrogen and oxygen atoms in total. The number of methoxy groups -OCH3 is 2. The number of benzene rings is 2. The molecule has 0 bridgehead atoms. The largest absolute Gasteiger partial charge is 0.481 e. The summed E-state index contributed by atoms with van der Waals surface area (Å²) in [6, 6.07) is 20.3. The minimum atomic E-state index is -1.30. The predicted octanol–water partition coefficient (Wildman–Crippen LogP) is 3.72. The highest BCUT2D eigenvalue weighted by Crippen LogP contribution is 2.40. The lowest BCUT2D eigenvalue weighted by molar-refractivity contribution is -0.148. The van der Waals surface area contributed by atoms with E-state index in [-0.39, 0.29) is 17.8 Å². The third kappa shape index (κ3) is 4.05. The smallest absolute Gasteiger partial charge is 0.346 e. The van der Waals surface area contributed by atoms with Crippen LogP contribution in [0.5, 0.6) is 17.8 Å². The van der Waals surface area contributed by atoms with Gasteiger partial charge < -0.3 is 19.3 Å². The van der Waals surface area contributed by atoms with Crippen LogP contribution in [-0.4, -0.2) is 41.4 Å². The first-order valence-corrected chi connectivity index (χ1v) is 9.52. The second-order valence-electron chi connectivity index (χ2n) is 6.63. The van der Waals surface area contributed by atoms with E-state index in [0.29, 0.717) is 6.42 Å². The summed E-state index contributed by atoms with van der Waals surface area (Å²) in [6.45, 7) is 1.94. The van der Waals surface area contributed by atoms with Crippen LogP contribution in [0.4, 0.5) is 0 Å². The van der Waals surface area contributed by atoms with Gasteiger partial charge in [0.1, 0.15) is 0 Å². The van der Waals surface area contributed by atoms with E-state index in [1.165, 1.54) is 20.3 Å². The molecule has 3 aromatic rings. The molecule has 1 atom stereocenters. The van der Waals surface area contributed by atoms with Gasteiger partial charge in [-0.1, -0.05) is 67.6 Å². The molecule has 30 heavy (non-hydrogen) atoms. The van der Waals surface area contributed by atoms with E-state index < -0.39 is 17.5 Å². The zero-order valence-corrected chi connectivity index (χ0v) is 17.1. The minimum absolute atomic E-state index is 0.136. The number of aliphatic carboxylic acids is 1. The van der Waals surface area contributed by atoms with Crippen molar-refractivity contribution in [1.82, 2.24) is 9.97 Å². The molecule has 156 valence electrons. The van der Waals surface area contributed by atoms with Gasteiger partial charge in [-0.25, -0.2) is 4.79 Å². The van der Waals surface area contributed by atoms with Crippen molar-refractivity contribution in [3.05, 3.63) is 77.9 Å². The number of carboxylic acid groups (broad SMARTS) is 1. The van der Waals surface area contributed by atoms with E-state index >= 15 is 0 Å². The first kappa shape index (κ1) is 21.1. The van der Waals surface area contributed by atoms with E-state index in [2.05, 4.69) is 9.97 Å². The molecule has 3 rings (SSSR count). The topological polar surface area (TPSA) is 90.8 Å². The van der Waals surface area contributed by atoms with Crippen molar-refractivity contribution in [2.75, 3.05) is 14.2 Å². The molecule has 1 unspecified atom stereocenters. The average molecular weight is 408 g/mol. The molecule has 0 fully saturated rings. The molecule has 1 aromatic heterocycles. The Morgan fingerprint density at radius 1 is 0.933 bits per heavy atom. The second kappa shape index (κ2) is 9.26. The summed E-state index contributed by atoms with van der Waals surface area (Å²) in [7, 11) is 2.90. The van der Waals surface area contributed by atoms with Crippen molar-refractivity contribution < 1.29 is 24.1 Å². The number of carboxylic acids is 1. The highest BCUT2D eigenvalue weighted by atomic mass is 16.5. The van der Waals surface area contributed by atoms with Crippen molar-refractivity contribution in [1.29, 1.82) is 0 Å². The zero-order valence-electron chi connectivity index (χ0n) is 17.1. The van der Waals surface area contributed by atoms with Gasteiger partial charge in [0.2, 0.25) is 17.9 Å². The highest BCUT2D eigenvalue weighted by Gasteiger charge is 2.47. The zero-order chi connectivity index (χ0) is 21.6. The quantitative estimate of drug-likeness (QED) is 0.577. The van der Waals surface area contributed by atoms with Gasteiger partial charge >= 0.3 is 12.0 Å². The maximum Gasteiger partial charge on any atom is 0.346 e. The van der Waals surface area contributed by atoms with Crippen LogP contribution in [0, 0.1) is 0 Å². The molecule has 0 saturated carbocycles. The Hall–Kier alpha value is -3.61. The van der Waals surface area contributed by atoms with Gasteiger partial charge in [0.15, 0.2) is 0 Å². The number of hydrogen-bond donors (Lipinski definition) is 1. The fraction of sp³-hybridized carbons (Fsp3) is 0.261. The fourth-order valence-corrected chi connectivity index (χ4v) is 3.65. The molecule has 0 spiro atoms. The number of aromatic nitrogens is 2. The maximum atomic E-state index is 12.5. The number of rotatable bonds is 9. The van der Waals surface area contributed by atoms with Gasteiger partial charge in [-0.05, 0) is 17.5 Å². The van der Waals surface area contributed by atoms with Crippen molar-refractivity contribution in [2.45, 2.75) is 24.9 Å². The van der Waals surface area contributed by atoms with Crippen LogP contribution >= 0.6 is 0 Å². The molecule has 1 heterocycles. The summed E-state index contributed by atoms with van der Waals surface area (Å²) < 4.78 is 16.3. The van der Waals surface area contributed by atoms with Crippen molar-refractivity contribution in [3.63, 3.8) is 0 Å². The van der Waals surface area contributed by atoms with Gasteiger partial charge in [-0.2, -0.15) is 9.97 Å². The fourth-order valence-electron chi connectivity index (χ4n) is 3.65. The van der Waals surface area contributed by atoms with Crippen molar-refractivity contribution >= 4 is 5.97 Å². The summed E-state index contributed by atoms with van der Waals surface area (Å²) in [6.07, 6.45) is -0.830. The second-order valence-corrected chi connectivity index (χ2v) is 6.63. The van der Waals surface area contributed by atoms with E-state index in [9.17, 15) is 9.90 Å². The number of carbonyl (C=O) groups is 1. The van der Waals surface area contributed by atoms with Crippen molar-refractivity contribution in [2.24, 2.45) is 0 Å². The molecule has 0 amide bonds. The minimum Gasteiger partial charge on any atom is -0.481 e. The van der Waals surface area contributed by atoms with Crippen LogP contribution < -0.4 is 14.2 Å². The Bertz CT molecular complexity index is 918. The average Bonchev–Trinajstić information content (AvgIpc) is 2.80. The Kier molecular flexibility index (Phi) is 6.51. The summed E-state index contributed by atoms with van der Waals surface area (Å²) in [4.78, 5) is 20.8. The Morgan fingerprint density at radius 3 is 1.77 bits per heavy atom. The molecule has 0 aliphatic heterocycles. The van der Waals surface area contributed by atoms with Crippen LogP contribution in [0.2, 0.25) is 0 Å². The van der Waals surface area contributed by atoms with Gasteiger partial charge in [0, 0.05) is 0 Å². The number of hydrogen-bond acceptors (Lipinski definition) is 6. The molecule has 0 aliphatic rings. The van der Waals surface area contributed by atoms with E-state index in [4.69, 9.17) is 14.2 Å². The first-order valence-electron chi connectivity index (χ1n) is 9.52. The van der Waals surface area contributed by atoms with Crippen LogP contribution in [0.15, 0.2) is 66.7 Å². The third-order valence-electron chi connectivity index (χ3n) is 5.11. The summed E-state index contributed by atoms with van der Waals surface area (Å²) in [5.74, 6) is -0.708. The first-order chi connectivity index (χ1) is 14.5. The van der Waals surface area contributed by atoms with Gasteiger partial charge in [0.05, 0.1) is 25.7 Å². The van der Waals surface area contributed by atoms with E-state index in [1.54, 1.807) is 0 Å². The Labute approximate surface area is 175 Å². The molecular formula is C23H24N2O5. The molecule has 7 heteroatoms. The number of nitrogens with zero attached hydrogens (tertiary/aromatic N) is 2. The van der Waals surface area contributed by atoms with E-state index in [0.717, 1.165) is 11.1 Å². The van der Waals surface area contributed by atoms with Gasteiger partial charge in [-0.15, -0.1) is 0 Å². The Morgan fingerprint density at radius 2 is 1.40 bits per heavy atom. The Balaban J connectivity index is 2.18. The molecule has 0 aliphatic carbocycles. The lowest BCUT2D eigenvalue weighted by Crippen LogP contribution is -2.49. The van der Waals surface area contributed by atoms with Crippen LogP contribution in [0.3, 0.4) is 0 Å². The lowest BCUT2D eigenvalue weighted by atomic mass is 9.68. The van der Waals surface area contributed by atoms with Crippen molar-refractivity contribution in [3.8, 4) is 17.8 Å². The van der Waals surface area contributed by atoms with Crippen LogP contribution in [0.25, 0.3) is 0 Å². The summed E-state index contributed by atoms with van der Waals surface area (Å²) in [5.41, 5.74) is 0.663. The standard InChI is InChI=1S/C23H24N2O5/c1-4-23(16-11-7-5-8-12-16,17-13-9-6-10-14-17)20(21(26)27)30-22-24-18(28-2)15-19(25-22)29-3/h5-15,20H,4H2,1-3H3,(H,26,27). The van der Waals surface area contributed by atoms with Gasteiger partial charge in [0.25, 0.3) is 0 Å². The normalized spacial score (nSPS) is 12.1. The molecule has 0 radical (unpaired) electrons. The molecule has 2 aromatic carbocycles. The van der Waals surface area contributed by atoms with Crippen LogP contribution in [-0.2, 0) is 10.2 Å². The SMILES string of the molecule is CCC(c1ccccc1)(c1ccccc1)C(Oc1nc(OC)cc(OC)n1)C(=O)O. The summed E-state index contributed by atoms with van der Waals surface area (Å²) in [5, 5.41) is 10.2. The predicted molar refractivity (Wildman–Crippen MR) is 111 cm³/mol.